The van der Waals surface area contributed by atoms with Gasteiger partial charge in [0.1, 0.15) is 5.75 Å². The molecular weight excluding hydrogens is 250 g/mol. The zero-order chi connectivity index (χ0) is 14.7. The highest BCUT2D eigenvalue weighted by molar-refractivity contribution is 5.95. The Morgan fingerprint density at radius 3 is 2.25 bits per heavy atom. The van der Waals surface area contributed by atoms with E-state index in [1.807, 2.05) is 57.2 Å². The molecule has 1 aromatic heterocycles. The second-order valence-corrected chi connectivity index (χ2v) is 5.08. The van der Waals surface area contributed by atoms with Crippen LogP contribution in [0.15, 0.2) is 36.4 Å². The van der Waals surface area contributed by atoms with E-state index in [2.05, 4.69) is 4.98 Å². The van der Waals surface area contributed by atoms with E-state index in [9.17, 15) is 4.79 Å². The molecule has 0 bridgehead atoms. The monoisotopic (exact) mass is 269 g/mol. The van der Waals surface area contributed by atoms with Crippen molar-refractivity contribution in [2.75, 3.05) is 0 Å². The molecule has 3 heteroatoms. The van der Waals surface area contributed by atoms with E-state index < -0.39 is 0 Å². The summed E-state index contributed by atoms with van der Waals surface area (Å²) in [6, 6.07) is 11.5. The van der Waals surface area contributed by atoms with Crippen LogP contribution < -0.4 is 4.74 Å². The third-order valence-corrected chi connectivity index (χ3v) is 2.99. The molecule has 0 aliphatic carbocycles. The maximum absolute atomic E-state index is 11.4. The van der Waals surface area contributed by atoms with Crippen LogP contribution >= 0.6 is 0 Å². The van der Waals surface area contributed by atoms with E-state index in [1.54, 1.807) is 6.92 Å². The van der Waals surface area contributed by atoms with E-state index in [0.29, 0.717) is 5.56 Å². The van der Waals surface area contributed by atoms with Gasteiger partial charge in [-0.05, 0) is 64.1 Å². The standard InChI is InChI=1S/C17H19NO2/c1-11(2)20-15-7-5-14(6-8-15)17-10-9-16(13(4)19)12(3)18-17/h5-11H,1-4H3. The van der Waals surface area contributed by atoms with E-state index in [-0.39, 0.29) is 11.9 Å². The van der Waals surface area contributed by atoms with Gasteiger partial charge in [-0.15, -0.1) is 0 Å². The second kappa shape index (κ2) is 5.87. The van der Waals surface area contributed by atoms with Gasteiger partial charge >= 0.3 is 0 Å². The molecule has 20 heavy (non-hydrogen) atoms. The topological polar surface area (TPSA) is 39.2 Å². The largest absolute Gasteiger partial charge is 0.491 e. The minimum absolute atomic E-state index is 0.0437. The minimum Gasteiger partial charge on any atom is -0.491 e. The number of ether oxygens (including phenoxy) is 1. The number of aromatic nitrogens is 1. The van der Waals surface area contributed by atoms with Crippen LogP contribution in [0.25, 0.3) is 11.3 Å². The molecule has 0 saturated carbocycles. The summed E-state index contributed by atoms with van der Waals surface area (Å²) in [6.45, 7) is 7.41. The summed E-state index contributed by atoms with van der Waals surface area (Å²) in [5, 5.41) is 0. The Morgan fingerprint density at radius 2 is 1.75 bits per heavy atom. The molecule has 0 saturated heterocycles. The summed E-state index contributed by atoms with van der Waals surface area (Å²) in [7, 11) is 0. The van der Waals surface area contributed by atoms with Crippen LogP contribution in [0.3, 0.4) is 0 Å². The van der Waals surface area contributed by atoms with Crippen molar-refractivity contribution in [2.45, 2.75) is 33.8 Å². The Bertz CT molecular complexity index is 615. The van der Waals surface area contributed by atoms with Gasteiger partial charge in [0.2, 0.25) is 0 Å². The van der Waals surface area contributed by atoms with Gasteiger partial charge in [0.15, 0.2) is 5.78 Å². The minimum atomic E-state index is 0.0437. The number of carbonyl (C=O) groups is 1. The number of pyridine rings is 1. The molecule has 0 unspecified atom stereocenters. The van der Waals surface area contributed by atoms with Gasteiger partial charge in [-0.25, -0.2) is 0 Å². The molecule has 0 spiro atoms. The van der Waals surface area contributed by atoms with Crippen molar-refractivity contribution in [3.05, 3.63) is 47.7 Å². The number of carbonyl (C=O) groups excluding carboxylic acids is 1. The first-order valence-corrected chi connectivity index (χ1v) is 6.73. The highest BCUT2D eigenvalue weighted by Gasteiger charge is 2.07. The van der Waals surface area contributed by atoms with Crippen LogP contribution in [0.5, 0.6) is 5.75 Å². The van der Waals surface area contributed by atoms with Gasteiger partial charge in [-0.3, -0.25) is 9.78 Å². The van der Waals surface area contributed by atoms with Gasteiger partial charge in [0.05, 0.1) is 11.8 Å². The maximum Gasteiger partial charge on any atom is 0.161 e. The average Bonchev–Trinajstić information content (AvgIpc) is 2.38. The molecule has 0 fully saturated rings. The lowest BCUT2D eigenvalue weighted by molar-refractivity contribution is 0.101. The molecule has 0 N–H and O–H groups in total. The summed E-state index contributed by atoms with van der Waals surface area (Å²) in [6.07, 6.45) is 0.163. The van der Waals surface area contributed by atoms with Gasteiger partial charge < -0.3 is 4.74 Å². The predicted octanol–water partition coefficient (Wildman–Crippen LogP) is 4.05. The fraction of sp³-hybridized carbons (Fsp3) is 0.294. The van der Waals surface area contributed by atoms with Crippen molar-refractivity contribution in [1.82, 2.24) is 4.98 Å². The molecule has 1 heterocycles. The summed E-state index contributed by atoms with van der Waals surface area (Å²) in [5.41, 5.74) is 3.31. The molecule has 2 aromatic rings. The number of rotatable bonds is 4. The molecular formula is C17H19NO2. The van der Waals surface area contributed by atoms with Gasteiger partial charge in [0, 0.05) is 16.8 Å². The third-order valence-electron chi connectivity index (χ3n) is 2.99. The van der Waals surface area contributed by atoms with Crippen LogP contribution in [-0.2, 0) is 0 Å². The highest BCUT2D eigenvalue weighted by Crippen LogP contribution is 2.22. The van der Waals surface area contributed by atoms with Crippen molar-refractivity contribution in [3.63, 3.8) is 0 Å². The summed E-state index contributed by atoms with van der Waals surface area (Å²) in [4.78, 5) is 15.9. The summed E-state index contributed by atoms with van der Waals surface area (Å²) >= 11 is 0. The first-order valence-electron chi connectivity index (χ1n) is 6.73. The number of benzene rings is 1. The SMILES string of the molecule is CC(=O)c1ccc(-c2ccc(OC(C)C)cc2)nc1C. The van der Waals surface area contributed by atoms with Crippen molar-refractivity contribution in [2.24, 2.45) is 0 Å². The van der Waals surface area contributed by atoms with Gasteiger partial charge in [-0.1, -0.05) is 0 Å². The molecule has 1 aromatic carbocycles. The summed E-state index contributed by atoms with van der Waals surface area (Å²) in [5.74, 6) is 0.892. The van der Waals surface area contributed by atoms with Gasteiger partial charge in [0.25, 0.3) is 0 Å². The van der Waals surface area contributed by atoms with E-state index >= 15 is 0 Å². The van der Waals surface area contributed by atoms with Crippen LogP contribution in [0.2, 0.25) is 0 Å². The number of hydrogen-bond acceptors (Lipinski definition) is 3. The number of hydrogen-bond donors (Lipinski definition) is 0. The average molecular weight is 269 g/mol. The Labute approximate surface area is 119 Å². The maximum atomic E-state index is 11.4. The molecule has 0 atom stereocenters. The molecule has 104 valence electrons. The lowest BCUT2D eigenvalue weighted by Gasteiger charge is -2.10. The fourth-order valence-corrected chi connectivity index (χ4v) is 2.07. The second-order valence-electron chi connectivity index (χ2n) is 5.08. The molecule has 2 rings (SSSR count). The normalized spacial score (nSPS) is 10.7. The predicted molar refractivity (Wildman–Crippen MR) is 80.2 cm³/mol. The van der Waals surface area contributed by atoms with Crippen LogP contribution in [0, 0.1) is 6.92 Å². The Balaban J connectivity index is 2.28. The lowest BCUT2D eigenvalue weighted by atomic mass is 10.1. The molecule has 0 radical (unpaired) electrons. The van der Waals surface area contributed by atoms with Gasteiger partial charge in [-0.2, -0.15) is 0 Å². The lowest BCUT2D eigenvalue weighted by Crippen LogP contribution is -2.05. The first kappa shape index (κ1) is 14.3. The smallest absolute Gasteiger partial charge is 0.161 e. The Morgan fingerprint density at radius 1 is 1.10 bits per heavy atom. The highest BCUT2D eigenvalue weighted by atomic mass is 16.5. The van der Waals surface area contributed by atoms with E-state index in [1.165, 1.54) is 0 Å². The first-order chi connectivity index (χ1) is 9.47. The fourth-order valence-electron chi connectivity index (χ4n) is 2.07. The number of aryl methyl sites for hydroxylation is 1. The molecule has 0 aliphatic heterocycles. The Kier molecular flexibility index (Phi) is 4.18. The van der Waals surface area contributed by atoms with Crippen molar-refractivity contribution < 1.29 is 9.53 Å². The van der Waals surface area contributed by atoms with E-state index in [0.717, 1.165) is 22.7 Å². The van der Waals surface area contributed by atoms with E-state index in [4.69, 9.17) is 4.74 Å². The summed E-state index contributed by atoms with van der Waals surface area (Å²) < 4.78 is 5.61. The molecule has 0 amide bonds. The number of Topliss-reactive ketones (excluding diaryl/α,β-unsaturated/α-hetero) is 1. The Hall–Kier alpha value is -2.16. The number of nitrogens with zero attached hydrogens (tertiary/aromatic N) is 1. The molecule has 0 aliphatic rings. The van der Waals surface area contributed by atoms with Crippen molar-refractivity contribution >= 4 is 5.78 Å². The third kappa shape index (κ3) is 3.23. The quantitative estimate of drug-likeness (QED) is 0.786. The van der Waals surface area contributed by atoms with Crippen molar-refractivity contribution in [3.8, 4) is 17.0 Å². The number of ketones is 1. The van der Waals surface area contributed by atoms with Crippen LogP contribution in [-0.4, -0.2) is 16.9 Å². The zero-order valence-electron chi connectivity index (χ0n) is 12.3. The molecule has 3 nitrogen and oxygen atoms in total. The van der Waals surface area contributed by atoms with Crippen LogP contribution in [0.4, 0.5) is 0 Å². The zero-order valence-corrected chi connectivity index (χ0v) is 12.3. The van der Waals surface area contributed by atoms with Crippen LogP contribution in [0.1, 0.15) is 36.8 Å². The van der Waals surface area contributed by atoms with Crippen molar-refractivity contribution in [1.29, 1.82) is 0 Å².